The SMILES string of the molecule is Cc1ccccc1CNC(=O)C(C)N1CCCN(c2ncccc2C#N)CC1. The minimum Gasteiger partial charge on any atom is -0.354 e. The van der Waals surface area contributed by atoms with Crippen LogP contribution in [0.15, 0.2) is 42.6 Å². The minimum atomic E-state index is -0.192. The van der Waals surface area contributed by atoms with Crippen molar-refractivity contribution in [2.75, 3.05) is 31.1 Å². The van der Waals surface area contributed by atoms with Crippen LogP contribution in [0, 0.1) is 18.3 Å². The maximum absolute atomic E-state index is 12.7. The lowest BCUT2D eigenvalue weighted by Crippen LogP contribution is -2.46. The highest BCUT2D eigenvalue weighted by atomic mass is 16.2. The van der Waals surface area contributed by atoms with Crippen LogP contribution in [0.4, 0.5) is 5.82 Å². The Hall–Kier alpha value is -2.91. The van der Waals surface area contributed by atoms with E-state index in [0.717, 1.165) is 44.0 Å². The molecule has 0 radical (unpaired) electrons. The van der Waals surface area contributed by atoms with Crippen molar-refractivity contribution in [1.82, 2.24) is 15.2 Å². The van der Waals surface area contributed by atoms with Gasteiger partial charge in [0.2, 0.25) is 5.91 Å². The minimum absolute atomic E-state index is 0.0484. The lowest BCUT2D eigenvalue weighted by Gasteiger charge is -2.27. The summed E-state index contributed by atoms with van der Waals surface area (Å²) in [5, 5.41) is 12.4. The molecule has 1 aliphatic rings. The van der Waals surface area contributed by atoms with Crippen LogP contribution in [0.1, 0.15) is 30.0 Å². The van der Waals surface area contributed by atoms with Crippen molar-refractivity contribution in [3.63, 3.8) is 0 Å². The number of nitriles is 1. The Morgan fingerprint density at radius 3 is 2.82 bits per heavy atom. The molecule has 3 rings (SSSR count). The molecule has 2 heterocycles. The van der Waals surface area contributed by atoms with E-state index in [1.54, 1.807) is 18.3 Å². The fourth-order valence-electron chi connectivity index (χ4n) is 3.58. The largest absolute Gasteiger partial charge is 0.354 e. The van der Waals surface area contributed by atoms with Crippen LogP contribution in [0.5, 0.6) is 0 Å². The van der Waals surface area contributed by atoms with E-state index < -0.39 is 0 Å². The molecule has 6 nitrogen and oxygen atoms in total. The lowest BCUT2D eigenvalue weighted by molar-refractivity contribution is -0.126. The van der Waals surface area contributed by atoms with Crippen LogP contribution in [-0.2, 0) is 11.3 Å². The molecule has 0 bridgehead atoms. The van der Waals surface area contributed by atoms with Crippen LogP contribution in [0.25, 0.3) is 0 Å². The second-order valence-electron chi connectivity index (χ2n) is 7.18. The van der Waals surface area contributed by atoms with E-state index in [1.165, 1.54) is 5.56 Å². The molecule has 1 amide bonds. The molecule has 1 aromatic carbocycles. The van der Waals surface area contributed by atoms with Gasteiger partial charge in [0.05, 0.1) is 11.6 Å². The summed E-state index contributed by atoms with van der Waals surface area (Å²) in [7, 11) is 0. The molecule has 1 N–H and O–H groups in total. The van der Waals surface area contributed by atoms with Gasteiger partial charge in [-0.15, -0.1) is 0 Å². The number of hydrogen-bond donors (Lipinski definition) is 1. The fourth-order valence-corrected chi connectivity index (χ4v) is 3.58. The van der Waals surface area contributed by atoms with Crippen LogP contribution in [-0.4, -0.2) is 48.0 Å². The van der Waals surface area contributed by atoms with Gasteiger partial charge in [-0.05, 0) is 43.5 Å². The van der Waals surface area contributed by atoms with Gasteiger partial charge in [-0.3, -0.25) is 9.69 Å². The number of hydrogen-bond acceptors (Lipinski definition) is 5. The number of nitrogens with one attached hydrogen (secondary N) is 1. The molecule has 1 fully saturated rings. The molecule has 146 valence electrons. The second kappa shape index (κ2) is 9.34. The van der Waals surface area contributed by atoms with Gasteiger partial charge in [0, 0.05) is 38.9 Å². The van der Waals surface area contributed by atoms with E-state index in [9.17, 15) is 10.1 Å². The molecule has 0 aliphatic carbocycles. The molecular formula is C22H27N5O. The van der Waals surface area contributed by atoms with Gasteiger partial charge < -0.3 is 10.2 Å². The van der Waals surface area contributed by atoms with E-state index in [0.29, 0.717) is 12.1 Å². The molecule has 0 spiro atoms. The summed E-state index contributed by atoms with van der Waals surface area (Å²) in [5.74, 6) is 0.788. The fraction of sp³-hybridized carbons (Fsp3) is 0.409. The molecule has 1 saturated heterocycles. The van der Waals surface area contributed by atoms with Crippen molar-refractivity contribution in [1.29, 1.82) is 5.26 Å². The first-order valence-electron chi connectivity index (χ1n) is 9.76. The number of carbonyl (C=O) groups is 1. The molecule has 1 unspecified atom stereocenters. The molecule has 28 heavy (non-hydrogen) atoms. The third-order valence-corrected chi connectivity index (χ3v) is 5.38. The van der Waals surface area contributed by atoms with Gasteiger partial charge in [-0.2, -0.15) is 5.26 Å². The maximum atomic E-state index is 12.7. The molecule has 1 atom stereocenters. The standard InChI is InChI=1S/C22H27N5O/c1-17-7-3-4-8-20(17)16-25-22(28)18(2)26-11-6-12-27(14-13-26)21-19(15-23)9-5-10-24-21/h3-5,7-10,18H,6,11-14,16H2,1-2H3,(H,25,28). The number of carbonyl (C=O) groups excluding carboxylic acids is 1. The first-order chi connectivity index (χ1) is 13.6. The zero-order valence-corrected chi connectivity index (χ0v) is 16.6. The molecule has 0 saturated carbocycles. The van der Waals surface area contributed by atoms with Crippen molar-refractivity contribution >= 4 is 11.7 Å². The zero-order chi connectivity index (χ0) is 19.9. The number of benzene rings is 1. The van der Waals surface area contributed by atoms with E-state index in [4.69, 9.17) is 0 Å². The summed E-state index contributed by atoms with van der Waals surface area (Å²) < 4.78 is 0. The molecule has 2 aromatic rings. The highest BCUT2D eigenvalue weighted by Crippen LogP contribution is 2.19. The monoisotopic (exact) mass is 377 g/mol. The highest BCUT2D eigenvalue weighted by Gasteiger charge is 2.25. The number of pyridine rings is 1. The average Bonchev–Trinajstić information content (AvgIpc) is 2.98. The predicted molar refractivity (Wildman–Crippen MR) is 110 cm³/mol. The normalized spacial score (nSPS) is 16.1. The Morgan fingerprint density at radius 2 is 2.04 bits per heavy atom. The van der Waals surface area contributed by atoms with Crippen molar-refractivity contribution < 1.29 is 4.79 Å². The topological polar surface area (TPSA) is 72.3 Å². The van der Waals surface area contributed by atoms with Crippen molar-refractivity contribution in [3.05, 3.63) is 59.3 Å². The number of aryl methyl sites for hydroxylation is 1. The molecule has 6 heteroatoms. The highest BCUT2D eigenvalue weighted by molar-refractivity contribution is 5.81. The Balaban J connectivity index is 1.58. The van der Waals surface area contributed by atoms with Gasteiger partial charge in [0.25, 0.3) is 0 Å². The predicted octanol–water partition coefficient (Wildman–Crippen LogP) is 2.48. The quantitative estimate of drug-likeness (QED) is 0.867. The first kappa shape index (κ1) is 19.8. The summed E-state index contributed by atoms with van der Waals surface area (Å²) in [5.41, 5.74) is 2.92. The summed E-state index contributed by atoms with van der Waals surface area (Å²) in [4.78, 5) is 21.4. The summed E-state index contributed by atoms with van der Waals surface area (Å²) in [6.45, 7) is 7.77. The van der Waals surface area contributed by atoms with Crippen LogP contribution < -0.4 is 10.2 Å². The first-order valence-corrected chi connectivity index (χ1v) is 9.76. The maximum Gasteiger partial charge on any atom is 0.237 e. The van der Waals surface area contributed by atoms with Crippen molar-refractivity contribution in [3.8, 4) is 6.07 Å². The van der Waals surface area contributed by atoms with Crippen LogP contribution in [0.3, 0.4) is 0 Å². The van der Waals surface area contributed by atoms with E-state index in [1.807, 2.05) is 25.1 Å². The summed E-state index contributed by atoms with van der Waals surface area (Å²) in [6, 6.07) is 13.7. The van der Waals surface area contributed by atoms with Gasteiger partial charge in [0.1, 0.15) is 11.9 Å². The Kier molecular flexibility index (Phi) is 6.62. The summed E-state index contributed by atoms with van der Waals surface area (Å²) in [6.07, 6.45) is 2.65. The Bertz CT molecular complexity index is 860. The number of rotatable bonds is 5. The van der Waals surface area contributed by atoms with E-state index in [2.05, 4.69) is 39.2 Å². The van der Waals surface area contributed by atoms with Gasteiger partial charge in [-0.25, -0.2) is 4.98 Å². The molecule has 1 aromatic heterocycles. The smallest absolute Gasteiger partial charge is 0.237 e. The number of nitrogens with zero attached hydrogens (tertiary/aromatic N) is 4. The molecule has 1 aliphatic heterocycles. The van der Waals surface area contributed by atoms with Gasteiger partial charge >= 0.3 is 0 Å². The average molecular weight is 377 g/mol. The number of anilines is 1. The van der Waals surface area contributed by atoms with E-state index in [-0.39, 0.29) is 11.9 Å². The number of aromatic nitrogens is 1. The summed E-state index contributed by atoms with van der Waals surface area (Å²) >= 11 is 0. The third kappa shape index (κ3) is 4.68. The van der Waals surface area contributed by atoms with Crippen molar-refractivity contribution in [2.45, 2.75) is 32.9 Å². The lowest BCUT2D eigenvalue weighted by atomic mass is 10.1. The zero-order valence-electron chi connectivity index (χ0n) is 16.6. The third-order valence-electron chi connectivity index (χ3n) is 5.38. The Labute approximate surface area is 166 Å². The molecular weight excluding hydrogens is 350 g/mol. The van der Waals surface area contributed by atoms with Crippen LogP contribution in [0.2, 0.25) is 0 Å². The number of amides is 1. The second-order valence-corrected chi connectivity index (χ2v) is 7.18. The van der Waals surface area contributed by atoms with Gasteiger partial charge in [0.15, 0.2) is 0 Å². The Morgan fingerprint density at radius 1 is 1.21 bits per heavy atom. The van der Waals surface area contributed by atoms with E-state index >= 15 is 0 Å². The van der Waals surface area contributed by atoms with Gasteiger partial charge in [-0.1, -0.05) is 24.3 Å². The van der Waals surface area contributed by atoms with Crippen LogP contribution >= 0.6 is 0 Å². The van der Waals surface area contributed by atoms with Crippen molar-refractivity contribution in [2.24, 2.45) is 0 Å².